The fourth-order valence-corrected chi connectivity index (χ4v) is 4.22. The van der Waals surface area contributed by atoms with E-state index < -0.39 is 0 Å². The fourth-order valence-electron chi connectivity index (χ4n) is 4.03. The van der Waals surface area contributed by atoms with E-state index in [1.165, 1.54) is 0 Å². The van der Waals surface area contributed by atoms with Gasteiger partial charge in [-0.25, -0.2) is 9.97 Å². The lowest BCUT2D eigenvalue weighted by molar-refractivity contribution is -0.120. The highest BCUT2D eigenvalue weighted by Gasteiger charge is 2.21. The summed E-state index contributed by atoms with van der Waals surface area (Å²) in [5, 5.41) is 11.9. The summed E-state index contributed by atoms with van der Waals surface area (Å²) in [6.07, 6.45) is 3.50. The average Bonchev–Trinajstić information content (AvgIpc) is 2.86. The number of hydrogen-bond acceptors (Lipinski definition) is 5. The zero-order valence-electron chi connectivity index (χ0n) is 17.9. The monoisotopic (exact) mass is 455 g/mol. The molecule has 0 aliphatic carbocycles. The summed E-state index contributed by atoms with van der Waals surface area (Å²) in [5.74, 6) is 0.437. The average molecular weight is 456 g/mol. The second-order valence-electron chi connectivity index (χ2n) is 8.00. The van der Waals surface area contributed by atoms with Crippen LogP contribution in [0, 0.1) is 18.1 Å². The Labute approximate surface area is 197 Å². The van der Waals surface area contributed by atoms with Crippen molar-refractivity contribution in [3.8, 4) is 11.3 Å². The molecule has 33 heavy (non-hydrogen) atoms. The number of rotatable bonds is 5. The Kier molecular flexibility index (Phi) is 6.07. The number of aromatic nitrogens is 2. The molecule has 2 heterocycles. The van der Waals surface area contributed by atoms with Gasteiger partial charge in [-0.1, -0.05) is 48.0 Å². The number of benzene rings is 2. The minimum Gasteiger partial charge on any atom is -0.326 e. The largest absolute Gasteiger partial charge is 0.326 e. The van der Waals surface area contributed by atoms with Crippen molar-refractivity contribution in [1.82, 2.24) is 15.3 Å². The Morgan fingerprint density at radius 2 is 2.03 bits per heavy atom. The first-order valence-electron chi connectivity index (χ1n) is 10.9. The van der Waals surface area contributed by atoms with Crippen LogP contribution in [0.3, 0.4) is 0 Å². The summed E-state index contributed by atoms with van der Waals surface area (Å²) in [6.45, 7) is 1.69. The maximum Gasteiger partial charge on any atom is 0.228 e. The fraction of sp³-hybridized carbons (Fsp3) is 0.192. The zero-order chi connectivity index (χ0) is 22.6. The van der Waals surface area contributed by atoms with E-state index in [0.717, 1.165) is 47.1 Å². The van der Waals surface area contributed by atoms with Crippen LogP contribution < -0.4 is 16.0 Å². The van der Waals surface area contributed by atoms with Gasteiger partial charge in [-0.2, -0.15) is 0 Å². The van der Waals surface area contributed by atoms with Crippen molar-refractivity contribution in [2.75, 3.05) is 23.7 Å². The van der Waals surface area contributed by atoms with Gasteiger partial charge < -0.3 is 16.0 Å². The molecule has 7 heteroatoms. The Hall–Kier alpha value is -3.66. The van der Waals surface area contributed by atoms with E-state index in [1.54, 1.807) is 6.20 Å². The first-order chi connectivity index (χ1) is 16.2. The molecule has 1 aliphatic rings. The molecule has 0 saturated carbocycles. The number of halogens is 1. The quantitative estimate of drug-likeness (QED) is 0.384. The van der Waals surface area contributed by atoms with Crippen LogP contribution in [0.25, 0.3) is 22.0 Å². The van der Waals surface area contributed by atoms with Crippen molar-refractivity contribution in [2.24, 2.45) is 5.92 Å². The third kappa shape index (κ3) is 4.75. The SMILES string of the molecule is O=C(Nc1cccc(Nc2ncc(Cl)c(-c3cc#cc4ccccc34)n2)c1)C1CCCNC1. The molecule has 0 spiro atoms. The highest BCUT2D eigenvalue weighted by molar-refractivity contribution is 6.33. The Morgan fingerprint density at radius 1 is 1.15 bits per heavy atom. The number of carbonyl (C=O) groups excluding carboxylic acids is 1. The number of piperidine rings is 1. The molecule has 1 fully saturated rings. The number of hydrogen-bond donors (Lipinski definition) is 3. The van der Waals surface area contributed by atoms with Crippen molar-refractivity contribution >= 4 is 45.6 Å². The van der Waals surface area contributed by atoms with Crippen molar-refractivity contribution in [2.45, 2.75) is 12.8 Å². The lowest BCUT2D eigenvalue weighted by atomic mass is 9.99. The molecule has 3 aromatic carbocycles. The van der Waals surface area contributed by atoms with Gasteiger partial charge in [0.25, 0.3) is 0 Å². The second kappa shape index (κ2) is 9.45. The molecule has 1 saturated heterocycles. The molecule has 1 aromatic heterocycles. The smallest absolute Gasteiger partial charge is 0.228 e. The normalized spacial score (nSPS) is 15.6. The van der Waals surface area contributed by atoms with E-state index in [9.17, 15) is 4.79 Å². The predicted octanol–water partition coefficient (Wildman–Crippen LogP) is 5.23. The topological polar surface area (TPSA) is 78.9 Å². The number of nitrogens with zero attached hydrogens (tertiary/aromatic N) is 2. The van der Waals surface area contributed by atoms with Gasteiger partial charge in [0.2, 0.25) is 11.9 Å². The number of amides is 1. The summed E-state index contributed by atoms with van der Waals surface area (Å²) in [4.78, 5) is 21.6. The minimum absolute atomic E-state index is 0.00716. The van der Waals surface area contributed by atoms with Gasteiger partial charge in [0, 0.05) is 34.3 Å². The Bertz CT molecular complexity index is 1300. The lowest BCUT2D eigenvalue weighted by Gasteiger charge is -2.22. The van der Waals surface area contributed by atoms with E-state index >= 15 is 0 Å². The summed E-state index contributed by atoms with van der Waals surface area (Å²) < 4.78 is 0. The second-order valence-corrected chi connectivity index (χ2v) is 8.41. The zero-order valence-corrected chi connectivity index (χ0v) is 18.6. The number of fused-ring (bicyclic) bond motifs is 1. The minimum atomic E-state index is -0.00716. The molecule has 3 N–H and O–H groups in total. The molecular formula is C26H22ClN5O. The maximum absolute atomic E-state index is 12.6. The lowest BCUT2D eigenvalue weighted by Crippen LogP contribution is -2.37. The Balaban J connectivity index is 1.38. The maximum atomic E-state index is 12.6. The number of anilines is 3. The van der Waals surface area contributed by atoms with Crippen molar-refractivity contribution < 1.29 is 4.79 Å². The third-order valence-corrected chi connectivity index (χ3v) is 5.97. The van der Waals surface area contributed by atoms with E-state index in [2.05, 4.69) is 38.1 Å². The van der Waals surface area contributed by atoms with Gasteiger partial charge in [0.1, 0.15) is 0 Å². The van der Waals surface area contributed by atoms with Crippen LogP contribution in [0.15, 0.2) is 60.8 Å². The van der Waals surface area contributed by atoms with Crippen molar-refractivity contribution in [3.05, 3.63) is 77.9 Å². The third-order valence-electron chi connectivity index (χ3n) is 5.69. The van der Waals surface area contributed by atoms with Crippen LogP contribution >= 0.6 is 11.6 Å². The molecule has 6 nitrogen and oxygen atoms in total. The number of carbonyl (C=O) groups is 1. The highest BCUT2D eigenvalue weighted by Crippen LogP contribution is 2.31. The van der Waals surface area contributed by atoms with Crippen LogP contribution in [0.5, 0.6) is 0 Å². The molecule has 0 radical (unpaired) electrons. The van der Waals surface area contributed by atoms with Gasteiger partial charge >= 0.3 is 0 Å². The van der Waals surface area contributed by atoms with Crippen molar-refractivity contribution in [3.63, 3.8) is 0 Å². The van der Waals surface area contributed by atoms with E-state index in [4.69, 9.17) is 11.6 Å². The van der Waals surface area contributed by atoms with Gasteiger partial charge in [-0.15, -0.1) is 0 Å². The first-order valence-corrected chi connectivity index (χ1v) is 11.3. The van der Waals surface area contributed by atoms with Crippen molar-refractivity contribution in [1.29, 1.82) is 0 Å². The molecule has 1 amide bonds. The van der Waals surface area contributed by atoms with Crippen LogP contribution in [0.2, 0.25) is 5.02 Å². The van der Waals surface area contributed by atoms with Crippen LogP contribution in [-0.2, 0) is 4.79 Å². The van der Waals surface area contributed by atoms with Gasteiger partial charge in [-0.05, 0) is 49.7 Å². The summed E-state index contributed by atoms with van der Waals surface area (Å²) in [6, 6.07) is 23.4. The molecule has 5 rings (SSSR count). The summed E-state index contributed by atoms with van der Waals surface area (Å²) >= 11 is 6.46. The van der Waals surface area contributed by atoms with E-state index in [-0.39, 0.29) is 11.8 Å². The molecule has 1 aliphatic heterocycles. The van der Waals surface area contributed by atoms with Crippen LogP contribution in [0.1, 0.15) is 12.8 Å². The standard InChI is InChI=1S/C26H22ClN5O/c27-23-16-29-26(32-24(23)22-12-3-7-17-6-1-2-11-21(17)22)31-20-10-4-9-19(14-20)30-25(33)18-8-5-13-28-15-18/h1-2,4,6,9-12,14,16,18,28H,5,8,13,15H2,(H,30,33)(H,29,31,32). The molecule has 0 bridgehead atoms. The number of nitrogens with one attached hydrogen (secondary N) is 3. The van der Waals surface area contributed by atoms with Gasteiger partial charge in [-0.3, -0.25) is 4.79 Å². The molecule has 164 valence electrons. The Morgan fingerprint density at radius 3 is 2.91 bits per heavy atom. The molecule has 4 aromatic rings. The highest BCUT2D eigenvalue weighted by atomic mass is 35.5. The summed E-state index contributed by atoms with van der Waals surface area (Å²) in [5.41, 5.74) is 2.97. The molecular weight excluding hydrogens is 434 g/mol. The molecule has 1 atom stereocenters. The van der Waals surface area contributed by atoms with Gasteiger partial charge in [0.15, 0.2) is 0 Å². The van der Waals surface area contributed by atoms with E-state index in [0.29, 0.717) is 23.2 Å². The predicted molar refractivity (Wildman–Crippen MR) is 132 cm³/mol. The summed E-state index contributed by atoms with van der Waals surface area (Å²) in [7, 11) is 0. The van der Waals surface area contributed by atoms with E-state index in [1.807, 2.05) is 54.6 Å². The molecule has 1 unspecified atom stereocenters. The van der Waals surface area contributed by atoms with Crippen LogP contribution in [0.4, 0.5) is 17.3 Å². The van der Waals surface area contributed by atoms with Gasteiger partial charge in [0.05, 0.1) is 22.8 Å². The van der Waals surface area contributed by atoms with Crippen LogP contribution in [-0.4, -0.2) is 29.0 Å². The first kappa shape index (κ1) is 21.2.